The van der Waals surface area contributed by atoms with Gasteiger partial charge in [0.2, 0.25) is 11.2 Å². The minimum atomic E-state index is -0.507. The molecule has 2 aromatic heterocycles. The van der Waals surface area contributed by atoms with Gasteiger partial charge in [0.1, 0.15) is 5.82 Å². The van der Waals surface area contributed by atoms with Gasteiger partial charge in [-0.3, -0.25) is 4.79 Å². The molecule has 3 rings (SSSR count). The lowest BCUT2D eigenvalue weighted by atomic mass is 10.2. The van der Waals surface area contributed by atoms with Crippen molar-refractivity contribution in [2.24, 2.45) is 0 Å². The normalized spacial score (nSPS) is 18.1. The highest BCUT2D eigenvalue weighted by molar-refractivity contribution is 6.28. The average molecular weight is 295 g/mol. The van der Waals surface area contributed by atoms with E-state index in [-0.39, 0.29) is 23.0 Å². The molecule has 1 aliphatic heterocycles. The van der Waals surface area contributed by atoms with Crippen LogP contribution < -0.4 is 10.6 Å². The van der Waals surface area contributed by atoms with E-state index in [0.717, 1.165) is 19.4 Å². The SMILES string of the molecule is O=C(Nc1ccnc(Cl)n1)c1noc(C2CCCN2)n1. The van der Waals surface area contributed by atoms with E-state index in [1.165, 1.54) is 12.3 Å². The number of hydrogen-bond donors (Lipinski definition) is 2. The Labute approximate surface area is 118 Å². The molecule has 0 aliphatic carbocycles. The Morgan fingerprint density at radius 2 is 2.40 bits per heavy atom. The Balaban J connectivity index is 1.71. The topological polar surface area (TPSA) is 106 Å². The minimum Gasteiger partial charge on any atom is -0.337 e. The molecule has 0 spiro atoms. The van der Waals surface area contributed by atoms with Gasteiger partial charge in [-0.2, -0.15) is 4.98 Å². The van der Waals surface area contributed by atoms with Gasteiger partial charge in [0.05, 0.1) is 6.04 Å². The summed E-state index contributed by atoms with van der Waals surface area (Å²) in [5.74, 6) is 0.157. The lowest BCUT2D eigenvalue weighted by Crippen LogP contribution is -2.16. The molecule has 1 aliphatic rings. The molecular formula is C11H11ClN6O2. The number of aromatic nitrogens is 4. The molecule has 0 aromatic carbocycles. The summed E-state index contributed by atoms with van der Waals surface area (Å²) in [6.07, 6.45) is 3.41. The summed E-state index contributed by atoms with van der Waals surface area (Å²) in [6.45, 7) is 0.911. The number of anilines is 1. The van der Waals surface area contributed by atoms with Gasteiger partial charge in [0, 0.05) is 6.20 Å². The number of nitrogens with one attached hydrogen (secondary N) is 2. The fourth-order valence-electron chi connectivity index (χ4n) is 1.94. The lowest BCUT2D eigenvalue weighted by molar-refractivity contribution is 0.101. The van der Waals surface area contributed by atoms with Crippen LogP contribution in [0.25, 0.3) is 0 Å². The van der Waals surface area contributed by atoms with Crippen molar-refractivity contribution in [1.82, 2.24) is 25.4 Å². The molecule has 104 valence electrons. The summed E-state index contributed by atoms with van der Waals surface area (Å²) < 4.78 is 5.09. The zero-order valence-electron chi connectivity index (χ0n) is 10.3. The Morgan fingerprint density at radius 1 is 1.50 bits per heavy atom. The van der Waals surface area contributed by atoms with E-state index in [9.17, 15) is 4.79 Å². The fourth-order valence-corrected chi connectivity index (χ4v) is 2.09. The first-order chi connectivity index (χ1) is 9.72. The van der Waals surface area contributed by atoms with E-state index in [0.29, 0.717) is 5.89 Å². The second-order valence-corrected chi connectivity index (χ2v) is 4.61. The number of carbonyl (C=O) groups excluding carboxylic acids is 1. The number of hydrogen-bond acceptors (Lipinski definition) is 7. The van der Waals surface area contributed by atoms with Gasteiger partial charge >= 0.3 is 0 Å². The molecule has 0 saturated carbocycles. The molecule has 1 fully saturated rings. The van der Waals surface area contributed by atoms with Crippen LogP contribution in [0.4, 0.5) is 5.82 Å². The van der Waals surface area contributed by atoms with Gasteiger partial charge in [-0.25, -0.2) is 9.97 Å². The molecule has 9 heteroatoms. The van der Waals surface area contributed by atoms with Gasteiger partial charge in [-0.1, -0.05) is 5.16 Å². The lowest BCUT2D eigenvalue weighted by Gasteiger charge is -2.01. The maximum Gasteiger partial charge on any atom is 0.298 e. The van der Waals surface area contributed by atoms with Crippen LogP contribution in [-0.2, 0) is 0 Å². The molecule has 1 amide bonds. The number of carbonyl (C=O) groups is 1. The predicted octanol–water partition coefficient (Wildman–Crippen LogP) is 1.19. The first-order valence-electron chi connectivity index (χ1n) is 6.09. The van der Waals surface area contributed by atoms with Crippen LogP contribution >= 0.6 is 11.6 Å². The Kier molecular flexibility index (Phi) is 3.57. The summed E-state index contributed by atoms with van der Waals surface area (Å²) >= 11 is 5.63. The highest BCUT2D eigenvalue weighted by Gasteiger charge is 2.24. The largest absolute Gasteiger partial charge is 0.337 e. The van der Waals surface area contributed by atoms with Crippen LogP contribution in [0.2, 0.25) is 5.28 Å². The van der Waals surface area contributed by atoms with Crippen molar-refractivity contribution in [3.05, 3.63) is 29.3 Å². The van der Waals surface area contributed by atoms with Crippen molar-refractivity contribution in [1.29, 1.82) is 0 Å². The third-order valence-corrected chi connectivity index (χ3v) is 3.05. The smallest absolute Gasteiger partial charge is 0.298 e. The first-order valence-corrected chi connectivity index (χ1v) is 6.47. The first kappa shape index (κ1) is 12.9. The van der Waals surface area contributed by atoms with Gasteiger partial charge in [0.25, 0.3) is 11.7 Å². The molecule has 0 radical (unpaired) electrons. The highest BCUT2D eigenvalue weighted by atomic mass is 35.5. The van der Waals surface area contributed by atoms with Crippen molar-refractivity contribution in [2.45, 2.75) is 18.9 Å². The standard InChI is InChI=1S/C11H11ClN6O2/c12-11-14-5-3-7(16-11)15-9(19)8-17-10(20-18-8)6-2-1-4-13-6/h3,5-6,13H,1-2,4H2,(H,14,15,16,19). The van der Waals surface area contributed by atoms with E-state index in [1.807, 2.05) is 0 Å². The van der Waals surface area contributed by atoms with Gasteiger partial charge in [-0.05, 0) is 37.1 Å². The maximum absolute atomic E-state index is 11.9. The highest BCUT2D eigenvalue weighted by Crippen LogP contribution is 2.21. The van der Waals surface area contributed by atoms with Crippen molar-refractivity contribution in [3.63, 3.8) is 0 Å². The molecule has 20 heavy (non-hydrogen) atoms. The third-order valence-electron chi connectivity index (χ3n) is 2.87. The molecular weight excluding hydrogens is 284 g/mol. The molecule has 1 saturated heterocycles. The van der Waals surface area contributed by atoms with Crippen LogP contribution in [0, 0.1) is 0 Å². The average Bonchev–Trinajstić information content (AvgIpc) is 3.10. The monoisotopic (exact) mass is 294 g/mol. The Morgan fingerprint density at radius 3 is 3.15 bits per heavy atom. The predicted molar refractivity (Wildman–Crippen MR) is 69.3 cm³/mol. The Hall–Kier alpha value is -2.06. The molecule has 2 aromatic rings. The number of rotatable bonds is 3. The summed E-state index contributed by atoms with van der Waals surface area (Å²) in [4.78, 5) is 23.6. The minimum absolute atomic E-state index is 0.0255. The quantitative estimate of drug-likeness (QED) is 0.819. The third kappa shape index (κ3) is 2.75. The molecule has 8 nitrogen and oxygen atoms in total. The summed E-state index contributed by atoms with van der Waals surface area (Å²) in [7, 11) is 0. The summed E-state index contributed by atoms with van der Waals surface area (Å²) in [6, 6.07) is 1.54. The summed E-state index contributed by atoms with van der Waals surface area (Å²) in [5, 5.41) is 9.45. The van der Waals surface area contributed by atoms with E-state index in [2.05, 4.69) is 30.7 Å². The zero-order valence-corrected chi connectivity index (χ0v) is 11.1. The maximum atomic E-state index is 11.9. The summed E-state index contributed by atoms with van der Waals surface area (Å²) in [5.41, 5.74) is 0. The van der Waals surface area contributed by atoms with Crippen molar-refractivity contribution in [2.75, 3.05) is 11.9 Å². The van der Waals surface area contributed by atoms with E-state index in [1.54, 1.807) is 0 Å². The molecule has 1 atom stereocenters. The van der Waals surface area contributed by atoms with Crippen LogP contribution in [-0.4, -0.2) is 32.6 Å². The molecule has 2 N–H and O–H groups in total. The van der Waals surface area contributed by atoms with E-state index < -0.39 is 5.91 Å². The number of nitrogens with zero attached hydrogens (tertiary/aromatic N) is 4. The van der Waals surface area contributed by atoms with Crippen molar-refractivity contribution < 1.29 is 9.32 Å². The van der Waals surface area contributed by atoms with E-state index >= 15 is 0 Å². The number of halogens is 1. The van der Waals surface area contributed by atoms with Gasteiger partial charge in [0.15, 0.2) is 0 Å². The van der Waals surface area contributed by atoms with E-state index in [4.69, 9.17) is 16.1 Å². The van der Waals surface area contributed by atoms with Crippen LogP contribution in [0.15, 0.2) is 16.8 Å². The fraction of sp³-hybridized carbons (Fsp3) is 0.364. The second-order valence-electron chi connectivity index (χ2n) is 4.27. The zero-order chi connectivity index (χ0) is 13.9. The number of amides is 1. The molecule has 1 unspecified atom stereocenters. The molecule has 0 bridgehead atoms. The van der Waals surface area contributed by atoms with Gasteiger partial charge in [-0.15, -0.1) is 0 Å². The van der Waals surface area contributed by atoms with Gasteiger partial charge < -0.3 is 15.2 Å². The van der Waals surface area contributed by atoms with Crippen molar-refractivity contribution in [3.8, 4) is 0 Å². The van der Waals surface area contributed by atoms with Crippen LogP contribution in [0.1, 0.15) is 35.4 Å². The van der Waals surface area contributed by atoms with Crippen LogP contribution in [0.3, 0.4) is 0 Å². The van der Waals surface area contributed by atoms with Crippen molar-refractivity contribution >= 4 is 23.3 Å². The Bertz CT molecular complexity index is 625. The molecule has 3 heterocycles. The second kappa shape index (κ2) is 5.51. The van der Waals surface area contributed by atoms with Crippen LogP contribution in [0.5, 0.6) is 0 Å².